The summed E-state index contributed by atoms with van der Waals surface area (Å²) in [6.45, 7) is 4.67. The summed E-state index contributed by atoms with van der Waals surface area (Å²) in [5.74, 6) is 5.67. The normalized spacial score (nSPS) is 10.3. The molecular weight excluding hydrogens is 238 g/mol. The van der Waals surface area contributed by atoms with Crippen LogP contribution in [0, 0.1) is 11.8 Å². The summed E-state index contributed by atoms with van der Waals surface area (Å²) in [5, 5.41) is 17.9. The average molecular weight is 261 g/mol. The van der Waals surface area contributed by atoms with E-state index in [4.69, 9.17) is 10.2 Å². The highest BCUT2D eigenvalue weighted by Gasteiger charge is 2.07. The van der Waals surface area contributed by atoms with Gasteiger partial charge in [-0.2, -0.15) is 0 Å². The van der Waals surface area contributed by atoms with E-state index >= 15 is 0 Å². The summed E-state index contributed by atoms with van der Waals surface area (Å²) in [6.07, 6.45) is 2.28. The Morgan fingerprint density at radius 2 is 1.95 bits per heavy atom. The summed E-state index contributed by atoms with van der Waals surface area (Å²) < 4.78 is 0. The fourth-order valence-corrected chi connectivity index (χ4v) is 1.95. The van der Waals surface area contributed by atoms with Gasteiger partial charge in [0.1, 0.15) is 6.61 Å². The number of aliphatic hydroxyl groups excluding tert-OH is 2. The van der Waals surface area contributed by atoms with E-state index in [0.717, 1.165) is 37.1 Å². The van der Waals surface area contributed by atoms with Gasteiger partial charge in [-0.25, -0.2) is 0 Å². The molecule has 0 unspecified atom stereocenters. The van der Waals surface area contributed by atoms with Crippen LogP contribution in [0.4, 0.5) is 0 Å². The molecule has 0 atom stereocenters. The molecule has 0 aliphatic heterocycles. The van der Waals surface area contributed by atoms with Gasteiger partial charge in [0.15, 0.2) is 0 Å². The van der Waals surface area contributed by atoms with Crippen LogP contribution in [0.5, 0.6) is 0 Å². The third-order valence-corrected chi connectivity index (χ3v) is 2.96. The number of hydrogen-bond acceptors (Lipinski definition) is 3. The molecule has 0 heterocycles. The molecule has 19 heavy (non-hydrogen) atoms. The summed E-state index contributed by atoms with van der Waals surface area (Å²) >= 11 is 0. The highest BCUT2D eigenvalue weighted by molar-refractivity contribution is 5.41. The van der Waals surface area contributed by atoms with E-state index in [2.05, 4.69) is 29.7 Å². The zero-order chi connectivity index (χ0) is 13.9. The molecule has 0 bridgehead atoms. The summed E-state index contributed by atoms with van der Waals surface area (Å²) in [7, 11) is 0. The molecule has 0 radical (unpaired) electrons. The van der Waals surface area contributed by atoms with Gasteiger partial charge in [-0.1, -0.05) is 43.4 Å². The van der Waals surface area contributed by atoms with E-state index in [0.29, 0.717) is 6.54 Å². The molecule has 2 N–H and O–H groups in total. The van der Waals surface area contributed by atoms with Crippen molar-refractivity contribution in [2.45, 2.75) is 26.3 Å². The van der Waals surface area contributed by atoms with Gasteiger partial charge >= 0.3 is 0 Å². The Morgan fingerprint density at radius 3 is 2.63 bits per heavy atom. The van der Waals surface area contributed by atoms with E-state index < -0.39 is 0 Å². The Kier molecular flexibility index (Phi) is 7.92. The quantitative estimate of drug-likeness (QED) is 0.733. The highest BCUT2D eigenvalue weighted by Crippen LogP contribution is 2.11. The molecule has 0 aromatic heterocycles. The van der Waals surface area contributed by atoms with E-state index in [-0.39, 0.29) is 13.2 Å². The lowest BCUT2D eigenvalue weighted by molar-refractivity contribution is 0.188. The number of benzene rings is 1. The Hall–Kier alpha value is -1.34. The molecule has 1 aromatic rings. The molecule has 0 spiro atoms. The fraction of sp³-hybridized carbons (Fsp3) is 0.500. The first-order valence-electron chi connectivity index (χ1n) is 6.82. The van der Waals surface area contributed by atoms with E-state index in [9.17, 15) is 0 Å². The number of unbranched alkanes of at least 4 members (excludes halogenated alkanes) is 1. The van der Waals surface area contributed by atoms with E-state index in [1.165, 1.54) is 0 Å². The minimum absolute atomic E-state index is 0.121. The second-order valence-corrected chi connectivity index (χ2v) is 4.47. The molecule has 3 heteroatoms. The van der Waals surface area contributed by atoms with Crippen molar-refractivity contribution in [3.05, 3.63) is 35.4 Å². The molecule has 0 saturated carbocycles. The molecule has 3 nitrogen and oxygen atoms in total. The molecule has 0 fully saturated rings. The van der Waals surface area contributed by atoms with Crippen molar-refractivity contribution in [1.29, 1.82) is 0 Å². The lowest BCUT2D eigenvalue weighted by Gasteiger charge is -2.21. The van der Waals surface area contributed by atoms with Gasteiger partial charge in [-0.15, -0.1) is 0 Å². The Balaban J connectivity index is 2.77. The molecule has 0 saturated heterocycles. The minimum atomic E-state index is -0.121. The second kappa shape index (κ2) is 9.57. The van der Waals surface area contributed by atoms with Crippen LogP contribution in [0.2, 0.25) is 0 Å². The molecule has 0 aliphatic rings. The van der Waals surface area contributed by atoms with Crippen molar-refractivity contribution in [3.8, 4) is 11.8 Å². The summed E-state index contributed by atoms with van der Waals surface area (Å²) in [4.78, 5) is 2.24. The average Bonchev–Trinajstić information content (AvgIpc) is 2.44. The van der Waals surface area contributed by atoms with Crippen molar-refractivity contribution >= 4 is 0 Å². The summed E-state index contributed by atoms with van der Waals surface area (Å²) in [6, 6.07) is 7.97. The number of hydrogen-bond donors (Lipinski definition) is 2. The van der Waals surface area contributed by atoms with Gasteiger partial charge in [0.25, 0.3) is 0 Å². The number of nitrogens with zero attached hydrogens (tertiary/aromatic N) is 1. The van der Waals surface area contributed by atoms with Crippen LogP contribution in [0.3, 0.4) is 0 Å². The first-order chi connectivity index (χ1) is 9.31. The smallest absolute Gasteiger partial charge is 0.104 e. The van der Waals surface area contributed by atoms with Gasteiger partial charge in [-0.3, -0.25) is 4.90 Å². The standard InChI is InChI=1S/C16H23NO2/c1-2-3-10-17(11-13-19)14-16-8-5-4-7-15(16)9-6-12-18/h4-5,7-8,18-19H,2-3,10-14H2,1H3. The molecule has 104 valence electrons. The number of rotatable bonds is 7. The van der Waals surface area contributed by atoms with E-state index in [1.807, 2.05) is 18.2 Å². The Bertz CT molecular complexity index is 420. The summed E-state index contributed by atoms with van der Waals surface area (Å²) in [5.41, 5.74) is 2.10. The van der Waals surface area contributed by atoms with Crippen molar-refractivity contribution in [1.82, 2.24) is 4.90 Å². The van der Waals surface area contributed by atoms with Crippen LogP contribution < -0.4 is 0 Å². The maximum Gasteiger partial charge on any atom is 0.104 e. The van der Waals surface area contributed by atoms with E-state index in [1.54, 1.807) is 0 Å². The molecule has 0 aliphatic carbocycles. The van der Waals surface area contributed by atoms with Crippen LogP contribution in [0.1, 0.15) is 30.9 Å². The Labute approximate surface area is 115 Å². The van der Waals surface area contributed by atoms with Crippen LogP contribution in [0.25, 0.3) is 0 Å². The van der Waals surface area contributed by atoms with Gasteiger partial charge in [0.05, 0.1) is 6.61 Å². The van der Waals surface area contributed by atoms with Crippen LogP contribution in [-0.2, 0) is 6.54 Å². The fourth-order valence-electron chi connectivity index (χ4n) is 1.95. The van der Waals surface area contributed by atoms with Gasteiger partial charge in [0.2, 0.25) is 0 Å². The van der Waals surface area contributed by atoms with Gasteiger partial charge < -0.3 is 10.2 Å². The van der Waals surface area contributed by atoms with Crippen LogP contribution in [0.15, 0.2) is 24.3 Å². The molecule has 1 rings (SSSR count). The Morgan fingerprint density at radius 1 is 1.16 bits per heavy atom. The predicted octanol–water partition coefficient (Wildman–Crippen LogP) is 1.62. The zero-order valence-electron chi connectivity index (χ0n) is 11.6. The SMILES string of the molecule is CCCCN(CCO)Cc1ccccc1C#CCO. The predicted molar refractivity (Wildman–Crippen MR) is 77.7 cm³/mol. The van der Waals surface area contributed by atoms with Crippen molar-refractivity contribution in [3.63, 3.8) is 0 Å². The highest BCUT2D eigenvalue weighted by atomic mass is 16.3. The monoisotopic (exact) mass is 261 g/mol. The lowest BCUT2D eigenvalue weighted by Crippen LogP contribution is -2.27. The van der Waals surface area contributed by atoms with Crippen LogP contribution >= 0.6 is 0 Å². The lowest BCUT2D eigenvalue weighted by atomic mass is 10.1. The maximum atomic E-state index is 9.12. The van der Waals surface area contributed by atoms with Gasteiger partial charge in [-0.05, 0) is 24.6 Å². The zero-order valence-corrected chi connectivity index (χ0v) is 11.6. The third kappa shape index (κ3) is 5.89. The largest absolute Gasteiger partial charge is 0.395 e. The third-order valence-electron chi connectivity index (χ3n) is 2.96. The second-order valence-electron chi connectivity index (χ2n) is 4.47. The number of aliphatic hydroxyl groups is 2. The first-order valence-corrected chi connectivity index (χ1v) is 6.82. The molecule has 1 aromatic carbocycles. The minimum Gasteiger partial charge on any atom is -0.395 e. The first kappa shape index (κ1) is 15.7. The molecule has 0 amide bonds. The maximum absolute atomic E-state index is 9.12. The van der Waals surface area contributed by atoms with Crippen molar-refractivity contribution in [2.75, 3.05) is 26.3 Å². The van der Waals surface area contributed by atoms with Crippen molar-refractivity contribution < 1.29 is 10.2 Å². The van der Waals surface area contributed by atoms with Crippen molar-refractivity contribution in [2.24, 2.45) is 0 Å². The molecular formula is C16H23NO2. The van der Waals surface area contributed by atoms with Crippen LogP contribution in [-0.4, -0.2) is 41.4 Å². The van der Waals surface area contributed by atoms with Gasteiger partial charge in [0, 0.05) is 18.7 Å². The topological polar surface area (TPSA) is 43.7 Å².